The Labute approximate surface area is 112 Å². The highest BCUT2D eigenvalue weighted by Crippen LogP contribution is 2.22. The van der Waals surface area contributed by atoms with Crippen LogP contribution in [-0.4, -0.2) is 19.6 Å². The van der Waals surface area contributed by atoms with Gasteiger partial charge in [0.1, 0.15) is 0 Å². The van der Waals surface area contributed by atoms with Crippen molar-refractivity contribution in [3.8, 4) is 0 Å². The fourth-order valence-corrected chi connectivity index (χ4v) is 2.34. The van der Waals surface area contributed by atoms with Crippen LogP contribution in [0.2, 0.25) is 0 Å². The Morgan fingerprint density at radius 2 is 1.94 bits per heavy atom. The van der Waals surface area contributed by atoms with Gasteiger partial charge in [-0.1, -0.05) is 32.4 Å². The standard InChI is InChI=1S/C16H28N2/c1-6-12(2)11-18(5)16-8-7-15(9-13(16)3)10-14(4)17/h7-9,12,14H,6,10-11,17H2,1-5H3. The van der Waals surface area contributed by atoms with Crippen LogP contribution in [0, 0.1) is 12.8 Å². The molecule has 0 radical (unpaired) electrons. The van der Waals surface area contributed by atoms with Gasteiger partial charge < -0.3 is 10.6 Å². The zero-order valence-corrected chi connectivity index (χ0v) is 12.5. The number of hydrogen-bond acceptors (Lipinski definition) is 2. The minimum absolute atomic E-state index is 0.230. The molecule has 102 valence electrons. The Morgan fingerprint density at radius 1 is 1.28 bits per heavy atom. The van der Waals surface area contributed by atoms with Gasteiger partial charge in [0.2, 0.25) is 0 Å². The van der Waals surface area contributed by atoms with Crippen molar-refractivity contribution >= 4 is 5.69 Å². The van der Waals surface area contributed by atoms with Crippen molar-refractivity contribution < 1.29 is 0 Å². The van der Waals surface area contributed by atoms with Gasteiger partial charge in [0, 0.05) is 25.3 Å². The molecule has 2 nitrogen and oxygen atoms in total. The first-order valence-corrected chi connectivity index (χ1v) is 7.00. The largest absolute Gasteiger partial charge is 0.374 e. The lowest BCUT2D eigenvalue weighted by molar-refractivity contribution is 0.559. The number of nitrogens with zero attached hydrogens (tertiary/aromatic N) is 1. The molecule has 0 aliphatic carbocycles. The van der Waals surface area contributed by atoms with Crippen molar-refractivity contribution in [3.63, 3.8) is 0 Å². The fourth-order valence-electron chi connectivity index (χ4n) is 2.34. The molecule has 2 unspecified atom stereocenters. The van der Waals surface area contributed by atoms with Gasteiger partial charge in [-0.25, -0.2) is 0 Å². The molecule has 0 aromatic heterocycles. The zero-order chi connectivity index (χ0) is 13.7. The Hall–Kier alpha value is -1.02. The molecule has 0 amide bonds. The SMILES string of the molecule is CCC(C)CN(C)c1ccc(CC(C)N)cc1C. The van der Waals surface area contributed by atoms with E-state index in [4.69, 9.17) is 5.73 Å². The lowest BCUT2D eigenvalue weighted by atomic mass is 10.0. The van der Waals surface area contributed by atoms with E-state index in [-0.39, 0.29) is 6.04 Å². The highest BCUT2D eigenvalue weighted by atomic mass is 15.1. The van der Waals surface area contributed by atoms with Crippen LogP contribution in [0.3, 0.4) is 0 Å². The van der Waals surface area contributed by atoms with Gasteiger partial charge in [-0.2, -0.15) is 0 Å². The van der Waals surface area contributed by atoms with Crippen LogP contribution >= 0.6 is 0 Å². The van der Waals surface area contributed by atoms with Crippen molar-refractivity contribution in [2.45, 2.75) is 46.6 Å². The molecular weight excluding hydrogens is 220 g/mol. The quantitative estimate of drug-likeness (QED) is 0.836. The van der Waals surface area contributed by atoms with Crippen LogP contribution in [-0.2, 0) is 6.42 Å². The van der Waals surface area contributed by atoms with E-state index in [1.54, 1.807) is 0 Å². The van der Waals surface area contributed by atoms with Crippen molar-refractivity contribution in [1.29, 1.82) is 0 Å². The van der Waals surface area contributed by atoms with Crippen LogP contribution in [0.1, 0.15) is 38.3 Å². The summed E-state index contributed by atoms with van der Waals surface area (Å²) in [4.78, 5) is 2.36. The third-order valence-electron chi connectivity index (χ3n) is 3.51. The molecule has 18 heavy (non-hydrogen) atoms. The van der Waals surface area contributed by atoms with Crippen molar-refractivity contribution in [3.05, 3.63) is 29.3 Å². The van der Waals surface area contributed by atoms with Gasteiger partial charge in [0.15, 0.2) is 0 Å². The summed E-state index contributed by atoms with van der Waals surface area (Å²) >= 11 is 0. The third-order valence-corrected chi connectivity index (χ3v) is 3.51. The van der Waals surface area contributed by atoms with Crippen LogP contribution in [0.5, 0.6) is 0 Å². The fraction of sp³-hybridized carbons (Fsp3) is 0.625. The van der Waals surface area contributed by atoms with Crippen molar-refractivity contribution in [2.75, 3.05) is 18.5 Å². The maximum atomic E-state index is 5.85. The van der Waals surface area contributed by atoms with Gasteiger partial charge in [-0.15, -0.1) is 0 Å². The number of nitrogens with two attached hydrogens (primary N) is 1. The van der Waals surface area contributed by atoms with E-state index >= 15 is 0 Å². The minimum atomic E-state index is 0.230. The summed E-state index contributed by atoms with van der Waals surface area (Å²) in [5, 5.41) is 0. The predicted molar refractivity (Wildman–Crippen MR) is 81.3 cm³/mol. The third kappa shape index (κ3) is 4.34. The molecule has 0 fully saturated rings. The second-order valence-corrected chi connectivity index (χ2v) is 5.70. The first-order valence-electron chi connectivity index (χ1n) is 7.00. The topological polar surface area (TPSA) is 29.3 Å². The summed E-state index contributed by atoms with van der Waals surface area (Å²) in [7, 11) is 2.18. The molecule has 0 aliphatic rings. The van der Waals surface area contributed by atoms with E-state index < -0.39 is 0 Å². The summed E-state index contributed by atoms with van der Waals surface area (Å²) in [5.41, 5.74) is 9.87. The number of benzene rings is 1. The van der Waals surface area contributed by atoms with Gasteiger partial charge in [-0.05, 0) is 43.4 Å². The number of aryl methyl sites for hydroxylation is 1. The van der Waals surface area contributed by atoms with E-state index in [0.717, 1.165) is 18.9 Å². The molecule has 0 saturated carbocycles. The number of anilines is 1. The van der Waals surface area contributed by atoms with E-state index in [9.17, 15) is 0 Å². The molecule has 1 rings (SSSR count). The first-order chi connectivity index (χ1) is 8.43. The summed E-state index contributed by atoms with van der Waals surface area (Å²) in [6.07, 6.45) is 2.18. The van der Waals surface area contributed by atoms with Crippen molar-refractivity contribution in [2.24, 2.45) is 11.7 Å². The molecule has 2 atom stereocenters. The monoisotopic (exact) mass is 248 g/mol. The Kier molecular flexibility index (Phi) is 5.67. The van der Waals surface area contributed by atoms with Gasteiger partial charge >= 0.3 is 0 Å². The molecule has 0 heterocycles. The van der Waals surface area contributed by atoms with E-state index in [0.29, 0.717) is 0 Å². The average molecular weight is 248 g/mol. The predicted octanol–water partition coefficient (Wildman–Crippen LogP) is 3.37. The van der Waals surface area contributed by atoms with E-state index in [1.165, 1.54) is 23.2 Å². The highest BCUT2D eigenvalue weighted by Gasteiger charge is 2.09. The normalized spacial score (nSPS) is 14.3. The van der Waals surface area contributed by atoms with E-state index in [1.807, 2.05) is 0 Å². The first kappa shape index (κ1) is 15.0. The molecule has 0 spiro atoms. The Morgan fingerprint density at radius 3 is 2.44 bits per heavy atom. The van der Waals surface area contributed by atoms with Crippen LogP contribution < -0.4 is 10.6 Å². The molecule has 1 aromatic carbocycles. The van der Waals surface area contributed by atoms with Gasteiger partial charge in [0.25, 0.3) is 0 Å². The Balaban J connectivity index is 2.78. The van der Waals surface area contributed by atoms with Gasteiger partial charge in [0.05, 0.1) is 0 Å². The average Bonchev–Trinajstić information content (AvgIpc) is 2.27. The van der Waals surface area contributed by atoms with Gasteiger partial charge in [-0.3, -0.25) is 0 Å². The van der Waals surface area contributed by atoms with Crippen LogP contribution in [0.15, 0.2) is 18.2 Å². The smallest absolute Gasteiger partial charge is 0.0393 e. The second kappa shape index (κ2) is 6.79. The molecule has 2 heteroatoms. The summed E-state index contributed by atoms with van der Waals surface area (Å²) in [6, 6.07) is 6.94. The molecule has 0 saturated heterocycles. The lowest BCUT2D eigenvalue weighted by Gasteiger charge is -2.25. The lowest BCUT2D eigenvalue weighted by Crippen LogP contribution is -2.24. The maximum Gasteiger partial charge on any atom is 0.0393 e. The minimum Gasteiger partial charge on any atom is -0.374 e. The van der Waals surface area contributed by atoms with Crippen LogP contribution in [0.4, 0.5) is 5.69 Å². The molecule has 0 bridgehead atoms. The zero-order valence-electron chi connectivity index (χ0n) is 12.5. The van der Waals surface area contributed by atoms with E-state index in [2.05, 4.69) is 57.8 Å². The Bertz CT molecular complexity index is 371. The summed E-state index contributed by atoms with van der Waals surface area (Å²) in [6.45, 7) is 9.91. The molecule has 1 aromatic rings. The molecule has 0 aliphatic heterocycles. The van der Waals surface area contributed by atoms with Crippen molar-refractivity contribution in [1.82, 2.24) is 0 Å². The van der Waals surface area contributed by atoms with Crippen LogP contribution in [0.25, 0.3) is 0 Å². The molecular formula is C16H28N2. The number of hydrogen-bond donors (Lipinski definition) is 1. The maximum absolute atomic E-state index is 5.85. The molecule has 2 N–H and O–H groups in total. The highest BCUT2D eigenvalue weighted by molar-refractivity contribution is 5.54. The second-order valence-electron chi connectivity index (χ2n) is 5.70. The summed E-state index contributed by atoms with van der Waals surface area (Å²) in [5.74, 6) is 0.734. The summed E-state index contributed by atoms with van der Waals surface area (Å²) < 4.78 is 0. The number of rotatable bonds is 6.